The smallest absolute Gasteiger partial charge is 0.321 e. The summed E-state index contributed by atoms with van der Waals surface area (Å²) < 4.78 is 5.81. The van der Waals surface area contributed by atoms with Crippen LogP contribution >= 0.6 is 0 Å². The molecule has 0 aromatic heterocycles. The van der Waals surface area contributed by atoms with E-state index in [1.165, 1.54) is 27.1 Å². The van der Waals surface area contributed by atoms with Gasteiger partial charge in [0, 0.05) is 0 Å². The number of ether oxygens (including phenoxy) is 1. The molecule has 0 saturated heterocycles. The van der Waals surface area contributed by atoms with Crippen molar-refractivity contribution in [2.75, 3.05) is 0 Å². The molecular formula is C26H24O2. The maximum absolute atomic E-state index is 13.2. The van der Waals surface area contributed by atoms with Crippen molar-refractivity contribution in [3.8, 4) is 0 Å². The molecule has 1 atom stereocenters. The molecule has 3 aromatic carbocycles. The lowest BCUT2D eigenvalue weighted by atomic mass is 9.72. The summed E-state index contributed by atoms with van der Waals surface area (Å²) in [6, 6.07) is 17.3. The molecule has 0 aliphatic heterocycles. The Balaban J connectivity index is 1.70. The predicted molar refractivity (Wildman–Crippen MR) is 116 cm³/mol. The van der Waals surface area contributed by atoms with Crippen LogP contribution in [0.1, 0.15) is 44.7 Å². The van der Waals surface area contributed by atoms with Crippen LogP contribution in [0.5, 0.6) is 0 Å². The summed E-state index contributed by atoms with van der Waals surface area (Å²) >= 11 is 0. The fraction of sp³-hybridized carbons (Fsp3) is 0.269. The van der Waals surface area contributed by atoms with Crippen LogP contribution in [0.15, 0.2) is 60.7 Å². The van der Waals surface area contributed by atoms with Crippen LogP contribution in [0.4, 0.5) is 0 Å². The molecule has 1 unspecified atom stereocenters. The molecule has 0 spiro atoms. The van der Waals surface area contributed by atoms with Crippen molar-refractivity contribution >= 4 is 39.2 Å². The zero-order valence-electron chi connectivity index (χ0n) is 16.6. The number of hydrogen-bond acceptors (Lipinski definition) is 2. The Kier molecular flexibility index (Phi) is 3.58. The number of esters is 1. The zero-order valence-corrected chi connectivity index (χ0v) is 16.6. The Morgan fingerprint density at radius 1 is 0.964 bits per heavy atom. The summed E-state index contributed by atoms with van der Waals surface area (Å²) in [6.45, 7) is 5.79. The second kappa shape index (κ2) is 5.81. The second-order valence-electron chi connectivity index (χ2n) is 8.87. The van der Waals surface area contributed by atoms with Crippen molar-refractivity contribution in [3.05, 3.63) is 71.8 Å². The lowest BCUT2D eigenvalue weighted by Crippen LogP contribution is -2.37. The quantitative estimate of drug-likeness (QED) is 0.361. The van der Waals surface area contributed by atoms with Crippen molar-refractivity contribution < 1.29 is 9.53 Å². The number of carbonyl (C=O) groups excluding carboxylic acids is 1. The summed E-state index contributed by atoms with van der Waals surface area (Å²) in [4.78, 5) is 13.2. The van der Waals surface area contributed by atoms with Crippen molar-refractivity contribution in [2.24, 2.45) is 5.41 Å². The second-order valence-corrected chi connectivity index (χ2v) is 8.87. The molecule has 2 nitrogen and oxygen atoms in total. The maximum Gasteiger partial charge on any atom is 0.321 e. The van der Waals surface area contributed by atoms with E-state index in [-0.39, 0.29) is 5.97 Å². The van der Waals surface area contributed by atoms with Gasteiger partial charge in [-0.2, -0.15) is 0 Å². The largest absolute Gasteiger partial charge is 0.459 e. The minimum absolute atomic E-state index is 0.135. The van der Waals surface area contributed by atoms with Crippen LogP contribution in [-0.2, 0) is 9.53 Å². The van der Waals surface area contributed by atoms with E-state index >= 15 is 0 Å². The SMILES string of the molecule is CC(C)(C)OC(=O)C12C=Cc3c(ccc4c3ccc3ccccc34)C1=CCC2. The number of benzene rings is 3. The summed E-state index contributed by atoms with van der Waals surface area (Å²) in [7, 11) is 0. The summed E-state index contributed by atoms with van der Waals surface area (Å²) in [5.74, 6) is -0.135. The van der Waals surface area contributed by atoms with Gasteiger partial charge in [-0.15, -0.1) is 0 Å². The Labute approximate surface area is 165 Å². The zero-order chi connectivity index (χ0) is 19.5. The van der Waals surface area contributed by atoms with E-state index in [0.717, 1.165) is 24.0 Å². The fourth-order valence-electron chi connectivity index (χ4n) is 4.69. The van der Waals surface area contributed by atoms with Crippen molar-refractivity contribution in [1.82, 2.24) is 0 Å². The minimum Gasteiger partial charge on any atom is -0.459 e. The van der Waals surface area contributed by atoms with E-state index in [1.807, 2.05) is 20.8 Å². The third-order valence-electron chi connectivity index (χ3n) is 5.92. The van der Waals surface area contributed by atoms with Gasteiger partial charge < -0.3 is 4.74 Å². The van der Waals surface area contributed by atoms with Crippen LogP contribution in [0, 0.1) is 5.41 Å². The molecule has 5 rings (SSSR count). The van der Waals surface area contributed by atoms with Gasteiger partial charge in [0.15, 0.2) is 0 Å². The van der Waals surface area contributed by atoms with E-state index in [2.05, 4.69) is 66.8 Å². The number of allylic oxidation sites excluding steroid dienone is 1. The van der Waals surface area contributed by atoms with Crippen molar-refractivity contribution in [1.29, 1.82) is 0 Å². The lowest BCUT2D eigenvalue weighted by Gasteiger charge is -2.34. The molecule has 0 bridgehead atoms. The number of carbonyl (C=O) groups is 1. The lowest BCUT2D eigenvalue weighted by molar-refractivity contribution is -0.161. The number of hydrogen-bond donors (Lipinski definition) is 0. The normalized spacial score (nSPS) is 20.8. The number of fused-ring (bicyclic) bond motifs is 7. The highest BCUT2D eigenvalue weighted by Gasteiger charge is 2.47. The molecule has 0 fully saturated rings. The Bertz CT molecular complexity index is 1190. The minimum atomic E-state index is -0.648. The first-order chi connectivity index (χ1) is 13.4. The molecule has 0 heterocycles. The molecule has 2 heteroatoms. The molecule has 0 N–H and O–H groups in total. The Morgan fingerprint density at radius 3 is 2.57 bits per heavy atom. The van der Waals surface area contributed by atoms with Gasteiger partial charge in [-0.25, -0.2) is 0 Å². The molecular weight excluding hydrogens is 344 g/mol. The summed E-state index contributed by atoms with van der Waals surface area (Å²) in [6.07, 6.45) is 8.12. The molecule has 2 aliphatic rings. The van der Waals surface area contributed by atoms with E-state index in [1.54, 1.807) is 0 Å². The molecule has 3 aromatic rings. The molecule has 0 radical (unpaired) electrons. The van der Waals surface area contributed by atoms with Gasteiger partial charge in [0.1, 0.15) is 11.0 Å². The first kappa shape index (κ1) is 17.2. The highest BCUT2D eigenvalue weighted by Crippen LogP contribution is 2.52. The molecule has 0 saturated carbocycles. The standard InChI is InChI=1S/C26H24O2/c1-25(2,3)28-24(27)26-15-6-9-23(26)22-13-12-19-18-8-5-4-7-17(18)10-11-20(19)21(22)14-16-26/h4-5,7-14,16H,6,15H2,1-3H3. The van der Waals surface area contributed by atoms with Crippen LogP contribution in [0.3, 0.4) is 0 Å². The van der Waals surface area contributed by atoms with Gasteiger partial charge in [0.05, 0.1) is 0 Å². The van der Waals surface area contributed by atoms with E-state index in [9.17, 15) is 4.79 Å². The fourth-order valence-corrected chi connectivity index (χ4v) is 4.69. The van der Waals surface area contributed by atoms with Crippen molar-refractivity contribution in [3.63, 3.8) is 0 Å². The topological polar surface area (TPSA) is 26.3 Å². The average Bonchev–Trinajstić information content (AvgIpc) is 3.12. The van der Waals surface area contributed by atoms with Crippen LogP contribution in [0.25, 0.3) is 33.2 Å². The monoisotopic (exact) mass is 368 g/mol. The van der Waals surface area contributed by atoms with E-state index in [4.69, 9.17) is 4.74 Å². The van der Waals surface area contributed by atoms with Gasteiger partial charge in [0.25, 0.3) is 0 Å². The molecule has 0 amide bonds. The summed E-state index contributed by atoms with van der Waals surface area (Å²) in [5, 5.41) is 5.00. The van der Waals surface area contributed by atoms with Gasteiger partial charge in [-0.1, -0.05) is 66.8 Å². The first-order valence-corrected chi connectivity index (χ1v) is 9.97. The van der Waals surface area contributed by atoms with Gasteiger partial charge in [-0.05, 0) is 71.9 Å². The van der Waals surface area contributed by atoms with Crippen molar-refractivity contribution in [2.45, 2.75) is 39.2 Å². The highest BCUT2D eigenvalue weighted by molar-refractivity contribution is 6.13. The maximum atomic E-state index is 13.2. The van der Waals surface area contributed by atoms with Gasteiger partial charge >= 0.3 is 5.97 Å². The molecule has 28 heavy (non-hydrogen) atoms. The summed E-state index contributed by atoms with van der Waals surface area (Å²) in [5.41, 5.74) is 2.33. The van der Waals surface area contributed by atoms with Crippen LogP contribution in [0.2, 0.25) is 0 Å². The first-order valence-electron chi connectivity index (χ1n) is 9.97. The molecule has 140 valence electrons. The Morgan fingerprint density at radius 2 is 1.75 bits per heavy atom. The third kappa shape index (κ3) is 2.44. The Hall–Kier alpha value is -2.87. The van der Waals surface area contributed by atoms with Gasteiger partial charge in [-0.3, -0.25) is 4.79 Å². The third-order valence-corrected chi connectivity index (χ3v) is 5.92. The molecule has 2 aliphatic carbocycles. The van der Waals surface area contributed by atoms with Crippen LogP contribution < -0.4 is 0 Å². The average molecular weight is 368 g/mol. The van der Waals surface area contributed by atoms with E-state index in [0.29, 0.717) is 0 Å². The van der Waals surface area contributed by atoms with Crippen LogP contribution in [-0.4, -0.2) is 11.6 Å². The predicted octanol–water partition coefficient (Wildman–Crippen LogP) is 6.53. The highest BCUT2D eigenvalue weighted by atomic mass is 16.6. The van der Waals surface area contributed by atoms with Gasteiger partial charge in [0.2, 0.25) is 0 Å². The van der Waals surface area contributed by atoms with E-state index < -0.39 is 11.0 Å². The number of rotatable bonds is 1.